The maximum atomic E-state index is 14.9. The Morgan fingerprint density at radius 3 is 2.29 bits per heavy atom. The average molecular weight is 754 g/mol. The minimum atomic E-state index is -5.37. The SMILES string of the molecule is COc1cc(C(=O)NCC(O)(c2cc3c(c(-c4ccc(F)cc4)n2)OCC3(C)NS(=O)C(C)(C)C)C(F)(F)F)ccc1OCC(C)OC(=O)C(C)C. The van der Waals surface area contributed by atoms with Crippen molar-refractivity contribution >= 4 is 22.9 Å². The number of amides is 1. The highest BCUT2D eigenvalue weighted by Crippen LogP contribution is 2.47. The quantitative estimate of drug-likeness (QED) is 0.148. The van der Waals surface area contributed by atoms with E-state index in [1.807, 2.05) is 0 Å². The molecule has 3 N–H and O–H groups in total. The molecule has 16 heteroatoms. The molecular formula is C36H43F4N3O8S. The summed E-state index contributed by atoms with van der Waals surface area (Å²) in [5, 5.41) is 13.6. The van der Waals surface area contributed by atoms with Gasteiger partial charge in [0.1, 0.15) is 30.8 Å². The number of alkyl halides is 3. The molecule has 2 aromatic carbocycles. The second-order valence-corrected chi connectivity index (χ2v) is 15.9. The summed E-state index contributed by atoms with van der Waals surface area (Å²) < 4.78 is 96.2. The molecule has 2 heterocycles. The zero-order chi connectivity index (χ0) is 38.8. The first-order valence-corrected chi connectivity index (χ1v) is 17.5. The fourth-order valence-corrected chi connectivity index (χ4v) is 5.88. The van der Waals surface area contributed by atoms with Crippen LogP contribution in [0.3, 0.4) is 0 Å². The van der Waals surface area contributed by atoms with Gasteiger partial charge in [-0.3, -0.25) is 9.59 Å². The number of ether oxygens (including phenoxy) is 4. The van der Waals surface area contributed by atoms with Crippen molar-refractivity contribution in [2.24, 2.45) is 5.92 Å². The number of pyridine rings is 1. The van der Waals surface area contributed by atoms with Crippen LogP contribution in [0.4, 0.5) is 17.6 Å². The van der Waals surface area contributed by atoms with Crippen molar-refractivity contribution in [3.63, 3.8) is 0 Å². The van der Waals surface area contributed by atoms with Gasteiger partial charge >= 0.3 is 12.1 Å². The van der Waals surface area contributed by atoms with Crippen molar-refractivity contribution in [3.05, 3.63) is 71.2 Å². The summed E-state index contributed by atoms with van der Waals surface area (Å²) in [5.74, 6) is -2.01. The Hall–Kier alpha value is -4.28. The fraction of sp³-hybridized carbons (Fsp3) is 0.472. The van der Waals surface area contributed by atoms with Crippen LogP contribution in [0.15, 0.2) is 48.5 Å². The molecule has 11 nitrogen and oxygen atoms in total. The van der Waals surface area contributed by atoms with Crippen molar-refractivity contribution < 1.29 is 55.4 Å². The van der Waals surface area contributed by atoms with Gasteiger partial charge in [0.25, 0.3) is 5.91 Å². The Kier molecular flexibility index (Phi) is 12.0. The van der Waals surface area contributed by atoms with Gasteiger partial charge < -0.3 is 29.4 Å². The van der Waals surface area contributed by atoms with E-state index < -0.39 is 69.1 Å². The van der Waals surface area contributed by atoms with Crippen LogP contribution in [0.1, 0.15) is 70.1 Å². The lowest BCUT2D eigenvalue weighted by atomic mass is 9.89. The average Bonchev–Trinajstić information content (AvgIpc) is 3.40. The summed E-state index contributed by atoms with van der Waals surface area (Å²) in [6, 6.07) is 9.70. The third-order valence-electron chi connectivity index (χ3n) is 8.15. The molecule has 4 rings (SSSR count). The van der Waals surface area contributed by atoms with Crippen molar-refractivity contribution in [1.82, 2.24) is 15.0 Å². The summed E-state index contributed by atoms with van der Waals surface area (Å²) in [4.78, 5) is 29.3. The molecule has 0 aliphatic carbocycles. The fourth-order valence-electron chi connectivity index (χ4n) is 4.99. The Balaban J connectivity index is 1.67. The predicted molar refractivity (Wildman–Crippen MR) is 185 cm³/mol. The van der Waals surface area contributed by atoms with E-state index in [1.54, 1.807) is 48.5 Å². The van der Waals surface area contributed by atoms with Crippen LogP contribution < -0.4 is 24.2 Å². The lowest BCUT2D eigenvalue weighted by molar-refractivity contribution is -0.265. The van der Waals surface area contributed by atoms with E-state index in [4.69, 9.17) is 18.9 Å². The Bertz CT molecular complexity index is 1820. The zero-order valence-corrected chi connectivity index (χ0v) is 30.9. The normalized spacial score (nSPS) is 18.1. The minimum Gasteiger partial charge on any atom is -0.493 e. The lowest BCUT2D eigenvalue weighted by Gasteiger charge is -2.32. The van der Waals surface area contributed by atoms with Crippen LogP contribution in [0.25, 0.3) is 11.3 Å². The van der Waals surface area contributed by atoms with Gasteiger partial charge in [-0.1, -0.05) is 13.8 Å². The van der Waals surface area contributed by atoms with Gasteiger partial charge in [0.15, 0.2) is 17.2 Å². The molecule has 0 fully saturated rings. The van der Waals surface area contributed by atoms with Crippen LogP contribution in [0, 0.1) is 11.7 Å². The molecule has 0 radical (unpaired) electrons. The van der Waals surface area contributed by atoms with Crippen LogP contribution in [-0.2, 0) is 31.7 Å². The van der Waals surface area contributed by atoms with E-state index in [-0.39, 0.29) is 58.8 Å². The first kappa shape index (κ1) is 40.5. The Labute approximate surface area is 302 Å². The van der Waals surface area contributed by atoms with Gasteiger partial charge in [0.2, 0.25) is 5.60 Å². The predicted octanol–water partition coefficient (Wildman–Crippen LogP) is 5.70. The topological polar surface area (TPSA) is 145 Å². The van der Waals surface area contributed by atoms with Crippen molar-refractivity contribution in [2.75, 3.05) is 26.9 Å². The summed E-state index contributed by atoms with van der Waals surface area (Å²) in [7, 11) is -0.396. The maximum absolute atomic E-state index is 14.9. The number of benzene rings is 2. The van der Waals surface area contributed by atoms with Gasteiger partial charge in [0.05, 0.1) is 46.5 Å². The molecule has 3 aromatic rings. The molecule has 1 aliphatic rings. The summed E-state index contributed by atoms with van der Waals surface area (Å²) in [6.45, 7) is 10.2. The van der Waals surface area contributed by atoms with Crippen LogP contribution >= 0.6 is 0 Å². The highest BCUT2D eigenvalue weighted by atomic mass is 32.2. The van der Waals surface area contributed by atoms with Crippen LogP contribution in [0.2, 0.25) is 0 Å². The van der Waals surface area contributed by atoms with Gasteiger partial charge in [-0.05, 0) is 83.1 Å². The molecule has 52 heavy (non-hydrogen) atoms. The highest BCUT2D eigenvalue weighted by Gasteiger charge is 2.57. The van der Waals surface area contributed by atoms with Crippen LogP contribution in [-0.4, -0.2) is 70.1 Å². The number of nitrogens with one attached hydrogen (secondary N) is 2. The number of carbonyl (C=O) groups is 2. The third-order valence-corrected chi connectivity index (χ3v) is 9.90. The molecule has 4 unspecified atom stereocenters. The number of rotatable bonds is 13. The number of aromatic nitrogens is 1. The van der Waals surface area contributed by atoms with Crippen molar-refractivity contribution in [2.45, 2.75) is 76.6 Å². The number of aliphatic hydroxyl groups is 1. The minimum absolute atomic E-state index is 0.0433. The number of esters is 1. The van der Waals surface area contributed by atoms with E-state index in [0.717, 1.165) is 18.2 Å². The largest absolute Gasteiger partial charge is 0.493 e. The van der Waals surface area contributed by atoms with E-state index in [9.17, 15) is 36.5 Å². The molecule has 0 saturated carbocycles. The Morgan fingerprint density at radius 2 is 1.71 bits per heavy atom. The van der Waals surface area contributed by atoms with E-state index >= 15 is 0 Å². The third kappa shape index (κ3) is 8.84. The zero-order valence-electron chi connectivity index (χ0n) is 30.1. The molecule has 1 aliphatic heterocycles. The number of carbonyl (C=O) groups excluding carboxylic acids is 2. The van der Waals surface area contributed by atoms with Gasteiger partial charge in [-0.15, -0.1) is 0 Å². The molecule has 0 bridgehead atoms. The number of hydrogen-bond acceptors (Lipinski definition) is 9. The first-order valence-electron chi connectivity index (χ1n) is 16.3. The van der Waals surface area contributed by atoms with Crippen molar-refractivity contribution in [1.29, 1.82) is 0 Å². The van der Waals surface area contributed by atoms with Gasteiger partial charge in [-0.25, -0.2) is 18.3 Å². The standard InChI is InChI=1S/C36H43F4N3O8S/c1-20(2)32(45)51-21(3)17-49-26-14-11-23(15-27(26)48-8)31(44)41-18-35(46,36(38,39)40)28-16-25-30(29(42-28)22-9-12-24(37)13-10-22)50-19-34(25,7)43-52(47)33(4,5)6/h9-16,20-21,43,46H,17-19H2,1-8H3,(H,41,44). The molecule has 1 aromatic heterocycles. The number of fused-ring (bicyclic) bond motifs is 1. The highest BCUT2D eigenvalue weighted by molar-refractivity contribution is 7.84. The molecule has 0 saturated heterocycles. The lowest BCUT2D eigenvalue weighted by Crippen LogP contribution is -2.52. The monoisotopic (exact) mass is 753 g/mol. The maximum Gasteiger partial charge on any atom is 0.424 e. The number of hydrogen-bond donors (Lipinski definition) is 3. The number of halogens is 4. The summed E-state index contributed by atoms with van der Waals surface area (Å²) >= 11 is 0. The first-order chi connectivity index (χ1) is 24.1. The van der Waals surface area contributed by atoms with Gasteiger partial charge in [0, 0.05) is 16.7 Å². The van der Waals surface area contributed by atoms with Gasteiger partial charge in [-0.2, -0.15) is 13.2 Å². The number of nitrogens with zero attached hydrogens (tertiary/aromatic N) is 1. The smallest absolute Gasteiger partial charge is 0.424 e. The van der Waals surface area contributed by atoms with Crippen LogP contribution in [0.5, 0.6) is 17.2 Å². The Morgan fingerprint density at radius 1 is 1.06 bits per heavy atom. The summed E-state index contributed by atoms with van der Waals surface area (Å²) in [6.07, 6.45) is -5.98. The second kappa shape index (κ2) is 15.4. The second-order valence-electron chi connectivity index (χ2n) is 14.0. The number of methoxy groups -OCH3 is 1. The summed E-state index contributed by atoms with van der Waals surface area (Å²) in [5.41, 5.74) is -5.85. The molecular weight excluding hydrogens is 710 g/mol. The molecule has 284 valence electrons. The van der Waals surface area contributed by atoms with E-state index in [2.05, 4.69) is 15.0 Å². The van der Waals surface area contributed by atoms with E-state index in [1.165, 1.54) is 37.4 Å². The molecule has 4 atom stereocenters. The molecule has 0 spiro atoms. The van der Waals surface area contributed by atoms with Crippen molar-refractivity contribution in [3.8, 4) is 28.5 Å². The molecule has 1 amide bonds. The van der Waals surface area contributed by atoms with E-state index in [0.29, 0.717) is 0 Å².